The lowest BCUT2D eigenvalue weighted by Gasteiger charge is -2.20. The quantitative estimate of drug-likeness (QED) is 0.624. The molecule has 1 aliphatic carbocycles. The summed E-state index contributed by atoms with van der Waals surface area (Å²) in [5, 5.41) is 0. The van der Waals surface area contributed by atoms with Crippen LogP contribution in [0.15, 0.2) is 22.8 Å². The van der Waals surface area contributed by atoms with E-state index in [9.17, 15) is 0 Å². The molecule has 1 rings (SSSR count). The van der Waals surface area contributed by atoms with Gasteiger partial charge in [0.2, 0.25) is 0 Å². The Bertz CT molecular complexity index is 192. The molecule has 0 atom stereocenters. The van der Waals surface area contributed by atoms with Crippen molar-refractivity contribution < 1.29 is 0 Å². The molecule has 0 aromatic rings. The van der Waals surface area contributed by atoms with Crippen LogP contribution >= 0.6 is 11.8 Å². The Morgan fingerprint density at radius 2 is 2.00 bits per heavy atom. The van der Waals surface area contributed by atoms with Crippen molar-refractivity contribution in [2.45, 2.75) is 12.8 Å². The maximum absolute atomic E-state index is 2.23. The van der Waals surface area contributed by atoms with Gasteiger partial charge in [-0.15, -0.1) is 11.8 Å². The number of hydrogen-bond acceptors (Lipinski definition) is 2. The molecule has 0 spiro atoms. The van der Waals surface area contributed by atoms with E-state index < -0.39 is 0 Å². The highest BCUT2D eigenvalue weighted by Gasteiger charge is 2.05. The minimum Gasteiger partial charge on any atom is -0.381 e. The highest BCUT2D eigenvalue weighted by Crippen LogP contribution is 2.25. The largest absolute Gasteiger partial charge is 0.381 e. The average Bonchev–Trinajstić information content (AvgIpc) is 2.05. The van der Waals surface area contributed by atoms with Gasteiger partial charge in [0, 0.05) is 19.8 Å². The Morgan fingerprint density at radius 1 is 1.27 bits per heavy atom. The number of rotatable bonds is 2. The van der Waals surface area contributed by atoms with Gasteiger partial charge in [-0.25, -0.2) is 0 Å². The summed E-state index contributed by atoms with van der Waals surface area (Å²) < 4.78 is 0. The van der Waals surface area contributed by atoms with Crippen LogP contribution in [0, 0.1) is 0 Å². The summed E-state index contributed by atoms with van der Waals surface area (Å²) in [5.74, 6) is 0. The molecule has 0 radical (unpaired) electrons. The van der Waals surface area contributed by atoms with Gasteiger partial charge in [0.25, 0.3) is 0 Å². The topological polar surface area (TPSA) is 3.24 Å². The molecule has 0 fully saturated rings. The summed E-state index contributed by atoms with van der Waals surface area (Å²) in [6.07, 6.45) is 8.99. The fourth-order valence-electron chi connectivity index (χ4n) is 1.15. The molecule has 0 aliphatic heterocycles. The third-order valence-electron chi connectivity index (χ3n) is 1.93. The second kappa shape index (κ2) is 3.86. The van der Waals surface area contributed by atoms with Gasteiger partial charge in [-0.3, -0.25) is 0 Å². The molecule has 2 heteroatoms. The van der Waals surface area contributed by atoms with Gasteiger partial charge >= 0.3 is 0 Å². The predicted octanol–water partition coefficient (Wildman–Crippen LogP) is 2.47. The first-order valence-corrected chi connectivity index (χ1v) is 5.07. The Kier molecular flexibility index (Phi) is 3.06. The first-order valence-electron chi connectivity index (χ1n) is 3.85. The minimum atomic E-state index is 1.19. The molecule has 0 bridgehead atoms. The van der Waals surface area contributed by atoms with Gasteiger partial charge in [-0.1, -0.05) is 6.08 Å². The van der Waals surface area contributed by atoms with E-state index in [0.717, 1.165) is 0 Å². The molecule has 0 amide bonds. The van der Waals surface area contributed by atoms with Crippen molar-refractivity contribution in [2.75, 3.05) is 20.4 Å². The number of nitrogens with zero attached hydrogens (tertiary/aromatic N) is 1. The van der Waals surface area contributed by atoms with Crippen molar-refractivity contribution in [1.82, 2.24) is 4.90 Å². The van der Waals surface area contributed by atoms with Crippen molar-refractivity contribution in [1.29, 1.82) is 0 Å². The van der Waals surface area contributed by atoms with Gasteiger partial charge in [-0.2, -0.15) is 0 Å². The molecule has 0 heterocycles. The molecule has 1 nitrogen and oxygen atoms in total. The second-order valence-corrected chi connectivity index (χ2v) is 3.82. The van der Waals surface area contributed by atoms with E-state index in [-0.39, 0.29) is 0 Å². The maximum atomic E-state index is 2.23. The normalized spacial score (nSPS) is 17.4. The zero-order valence-electron chi connectivity index (χ0n) is 7.42. The molecule has 0 aromatic heterocycles. The van der Waals surface area contributed by atoms with Crippen LogP contribution < -0.4 is 0 Å². The van der Waals surface area contributed by atoms with E-state index in [0.29, 0.717) is 0 Å². The van der Waals surface area contributed by atoms with Crippen LogP contribution in [0.3, 0.4) is 0 Å². The lowest BCUT2D eigenvalue weighted by Crippen LogP contribution is -2.12. The monoisotopic (exact) mass is 169 g/mol. The van der Waals surface area contributed by atoms with Crippen LogP contribution in [0.4, 0.5) is 0 Å². The van der Waals surface area contributed by atoms with E-state index in [1.807, 2.05) is 11.8 Å². The Morgan fingerprint density at radius 3 is 2.36 bits per heavy atom. The fourth-order valence-corrected chi connectivity index (χ4v) is 1.66. The SMILES string of the molecule is CSC1=CC=C(N(C)C)CC1. The smallest absolute Gasteiger partial charge is 0.0131 e. The predicted molar refractivity (Wildman–Crippen MR) is 52.6 cm³/mol. The summed E-state index contributed by atoms with van der Waals surface area (Å²) in [6, 6.07) is 0. The Balaban J connectivity index is 2.61. The van der Waals surface area contributed by atoms with Crippen molar-refractivity contribution in [3.05, 3.63) is 22.8 Å². The zero-order chi connectivity index (χ0) is 8.27. The second-order valence-electron chi connectivity index (χ2n) is 2.89. The van der Waals surface area contributed by atoms with Crippen molar-refractivity contribution in [3.63, 3.8) is 0 Å². The van der Waals surface area contributed by atoms with Gasteiger partial charge in [0.15, 0.2) is 0 Å². The van der Waals surface area contributed by atoms with Crippen molar-refractivity contribution in [2.24, 2.45) is 0 Å². The van der Waals surface area contributed by atoms with Gasteiger partial charge in [-0.05, 0) is 30.1 Å². The number of thioether (sulfide) groups is 1. The summed E-state index contributed by atoms with van der Waals surface area (Å²) in [7, 11) is 4.20. The molecule has 11 heavy (non-hydrogen) atoms. The van der Waals surface area contributed by atoms with Crippen LogP contribution in [-0.4, -0.2) is 25.3 Å². The van der Waals surface area contributed by atoms with Crippen molar-refractivity contribution >= 4 is 11.8 Å². The molecule has 1 aliphatic rings. The van der Waals surface area contributed by atoms with Crippen LogP contribution in [0.1, 0.15) is 12.8 Å². The van der Waals surface area contributed by atoms with Gasteiger partial charge in [0.05, 0.1) is 0 Å². The van der Waals surface area contributed by atoms with Gasteiger partial charge < -0.3 is 4.90 Å². The first-order chi connectivity index (χ1) is 5.24. The van der Waals surface area contributed by atoms with E-state index in [2.05, 4.69) is 37.4 Å². The lowest BCUT2D eigenvalue weighted by atomic mass is 10.1. The highest BCUT2D eigenvalue weighted by atomic mass is 32.2. The zero-order valence-corrected chi connectivity index (χ0v) is 8.24. The lowest BCUT2D eigenvalue weighted by molar-refractivity contribution is 0.485. The highest BCUT2D eigenvalue weighted by molar-refractivity contribution is 8.02. The Labute approximate surface area is 73.2 Å². The van der Waals surface area contributed by atoms with E-state index in [4.69, 9.17) is 0 Å². The van der Waals surface area contributed by atoms with Crippen LogP contribution in [0.25, 0.3) is 0 Å². The molecule has 0 saturated heterocycles. The third-order valence-corrected chi connectivity index (χ3v) is 2.79. The molecule has 0 N–H and O–H groups in total. The molecule has 0 saturated carbocycles. The summed E-state index contributed by atoms with van der Waals surface area (Å²) in [4.78, 5) is 3.68. The molecule has 0 unspecified atom stereocenters. The fraction of sp³-hybridized carbons (Fsp3) is 0.556. The molecule has 62 valence electrons. The first kappa shape index (κ1) is 8.72. The average molecular weight is 169 g/mol. The molecular weight excluding hydrogens is 154 g/mol. The number of allylic oxidation sites excluding steroid dienone is 4. The molecular formula is C9H15NS. The molecule has 0 aromatic carbocycles. The summed E-state index contributed by atoms with van der Waals surface area (Å²) in [5.41, 5.74) is 1.43. The van der Waals surface area contributed by atoms with Crippen LogP contribution in [-0.2, 0) is 0 Å². The van der Waals surface area contributed by atoms with E-state index >= 15 is 0 Å². The van der Waals surface area contributed by atoms with Crippen LogP contribution in [0.2, 0.25) is 0 Å². The third kappa shape index (κ3) is 2.29. The standard InChI is InChI=1S/C9H15NS/c1-10(2)8-4-6-9(11-3)7-5-8/h4,6H,5,7H2,1-3H3. The number of hydrogen-bond donors (Lipinski definition) is 0. The minimum absolute atomic E-state index is 1.19. The maximum Gasteiger partial charge on any atom is 0.0131 e. The van der Waals surface area contributed by atoms with E-state index in [1.165, 1.54) is 23.4 Å². The summed E-state index contributed by atoms with van der Waals surface area (Å²) >= 11 is 1.86. The Hall–Kier alpha value is -0.370. The van der Waals surface area contributed by atoms with E-state index in [1.54, 1.807) is 0 Å². The summed E-state index contributed by atoms with van der Waals surface area (Å²) in [6.45, 7) is 0. The van der Waals surface area contributed by atoms with Gasteiger partial charge in [0.1, 0.15) is 0 Å². The van der Waals surface area contributed by atoms with Crippen molar-refractivity contribution in [3.8, 4) is 0 Å². The van der Waals surface area contributed by atoms with Crippen LogP contribution in [0.5, 0.6) is 0 Å².